The highest BCUT2D eigenvalue weighted by Gasteiger charge is 2.13. The van der Waals surface area contributed by atoms with Gasteiger partial charge < -0.3 is 16.2 Å². The van der Waals surface area contributed by atoms with Crippen LogP contribution in [0.5, 0.6) is 0 Å². The molecule has 0 aliphatic rings. The Hall–Kier alpha value is -1.36. The summed E-state index contributed by atoms with van der Waals surface area (Å²) in [5, 5.41) is 10.4. The van der Waals surface area contributed by atoms with Crippen LogP contribution in [0.2, 0.25) is 0 Å². The third-order valence-corrected chi connectivity index (χ3v) is 1.32. The largest absolute Gasteiger partial charge is 0.480 e. The molecule has 0 spiro atoms. The van der Waals surface area contributed by atoms with Gasteiger partial charge in [-0.3, -0.25) is 9.59 Å². The van der Waals surface area contributed by atoms with E-state index in [9.17, 15) is 9.59 Å². The van der Waals surface area contributed by atoms with Crippen molar-refractivity contribution in [2.24, 2.45) is 5.73 Å². The molecular formula is C8H14N2O3. The maximum absolute atomic E-state index is 11.0. The molecule has 0 aromatic carbocycles. The lowest BCUT2D eigenvalue weighted by Gasteiger charge is -2.10. The van der Waals surface area contributed by atoms with Gasteiger partial charge >= 0.3 is 5.97 Å². The molecule has 5 heteroatoms. The Morgan fingerprint density at radius 2 is 2.15 bits per heavy atom. The standard InChI is InChI=1S/C8H14N2O3/c1-5(2)3-6(9)8(13)10-4-7(11)12/h6H,1,3-4,9H2,2H3,(H,10,13)(H,11,12)/t6-/m0/s1. The number of carbonyl (C=O) groups is 2. The van der Waals surface area contributed by atoms with Crippen molar-refractivity contribution in [3.63, 3.8) is 0 Å². The monoisotopic (exact) mass is 186 g/mol. The summed E-state index contributed by atoms with van der Waals surface area (Å²) in [6.45, 7) is 4.95. The van der Waals surface area contributed by atoms with E-state index in [-0.39, 0.29) is 0 Å². The highest BCUT2D eigenvalue weighted by molar-refractivity contribution is 5.85. The van der Waals surface area contributed by atoms with Crippen LogP contribution in [-0.4, -0.2) is 29.6 Å². The molecule has 0 aliphatic carbocycles. The van der Waals surface area contributed by atoms with E-state index in [4.69, 9.17) is 10.8 Å². The maximum atomic E-state index is 11.0. The van der Waals surface area contributed by atoms with E-state index < -0.39 is 24.5 Å². The van der Waals surface area contributed by atoms with Gasteiger partial charge in [-0.2, -0.15) is 0 Å². The quantitative estimate of drug-likeness (QED) is 0.504. The van der Waals surface area contributed by atoms with Gasteiger partial charge in [0.15, 0.2) is 0 Å². The zero-order valence-corrected chi connectivity index (χ0v) is 7.54. The predicted octanol–water partition coefficient (Wildman–Crippen LogP) is -0.519. The third-order valence-electron chi connectivity index (χ3n) is 1.32. The summed E-state index contributed by atoms with van der Waals surface area (Å²) in [7, 11) is 0. The summed E-state index contributed by atoms with van der Waals surface area (Å²) in [4.78, 5) is 21.1. The lowest BCUT2D eigenvalue weighted by atomic mass is 10.1. The summed E-state index contributed by atoms with van der Waals surface area (Å²) < 4.78 is 0. The van der Waals surface area contributed by atoms with Crippen molar-refractivity contribution in [2.45, 2.75) is 19.4 Å². The van der Waals surface area contributed by atoms with Crippen LogP contribution in [0.1, 0.15) is 13.3 Å². The first-order chi connectivity index (χ1) is 5.93. The summed E-state index contributed by atoms with van der Waals surface area (Å²) in [6.07, 6.45) is 0.367. The van der Waals surface area contributed by atoms with Crippen molar-refractivity contribution < 1.29 is 14.7 Å². The average molecular weight is 186 g/mol. The van der Waals surface area contributed by atoms with Gasteiger partial charge in [0.1, 0.15) is 6.54 Å². The minimum atomic E-state index is -1.09. The molecule has 74 valence electrons. The summed E-state index contributed by atoms with van der Waals surface area (Å²) >= 11 is 0. The Morgan fingerprint density at radius 3 is 2.54 bits per heavy atom. The van der Waals surface area contributed by atoms with Crippen molar-refractivity contribution in [1.29, 1.82) is 0 Å². The number of aliphatic carboxylic acids is 1. The van der Waals surface area contributed by atoms with Gasteiger partial charge in [0.2, 0.25) is 5.91 Å². The fraction of sp³-hybridized carbons (Fsp3) is 0.500. The lowest BCUT2D eigenvalue weighted by molar-refractivity contribution is -0.138. The average Bonchev–Trinajstić information content (AvgIpc) is 1.98. The minimum absolute atomic E-state index is 0.367. The van der Waals surface area contributed by atoms with E-state index in [2.05, 4.69) is 11.9 Å². The number of nitrogens with two attached hydrogens (primary N) is 1. The van der Waals surface area contributed by atoms with Crippen molar-refractivity contribution in [1.82, 2.24) is 5.32 Å². The summed E-state index contributed by atoms with van der Waals surface area (Å²) in [5.74, 6) is -1.55. The second kappa shape index (κ2) is 5.31. The van der Waals surface area contributed by atoms with Crippen LogP contribution in [0.3, 0.4) is 0 Å². The molecule has 0 aromatic rings. The zero-order chi connectivity index (χ0) is 10.4. The molecule has 0 saturated carbocycles. The number of rotatable bonds is 5. The number of hydrogen-bond donors (Lipinski definition) is 3. The number of carboxylic acid groups (broad SMARTS) is 1. The molecule has 4 N–H and O–H groups in total. The highest BCUT2D eigenvalue weighted by atomic mass is 16.4. The summed E-state index contributed by atoms with van der Waals surface area (Å²) in [6, 6.07) is -0.711. The molecule has 0 fully saturated rings. The van der Waals surface area contributed by atoms with Gasteiger partial charge in [0.25, 0.3) is 0 Å². The smallest absolute Gasteiger partial charge is 0.322 e. The Balaban J connectivity index is 3.82. The molecule has 0 unspecified atom stereocenters. The van der Waals surface area contributed by atoms with Crippen molar-refractivity contribution >= 4 is 11.9 Å². The van der Waals surface area contributed by atoms with Crippen molar-refractivity contribution in [3.05, 3.63) is 12.2 Å². The molecule has 0 aliphatic heterocycles. The van der Waals surface area contributed by atoms with Crippen LogP contribution < -0.4 is 11.1 Å². The van der Waals surface area contributed by atoms with Crippen LogP contribution in [0.25, 0.3) is 0 Å². The van der Waals surface area contributed by atoms with Gasteiger partial charge in [0, 0.05) is 0 Å². The van der Waals surface area contributed by atoms with E-state index in [1.54, 1.807) is 6.92 Å². The van der Waals surface area contributed by atoms with Gasteiger partial charge in [-0.1, -0.05) is 5.57 Å². The minimum Gasteiger partial charge on any atom is -0.480 e. The van der Waals surface area contributed by atoms with E-state index in [1.165, 1.54) is 0 Å². The fourth-order valence-corrected chi connectivity index (χ4v) is 0.762. The fourth-order valence-electron chi connectivity index (χ4n) is 0.762. The van der Waals surface area contributed by atoms with Gasteiger partial charge in [-0.15, -0.1) is 6.58 Å². The van der Waals surface area contributed by atoms with Gasteiger partial charge in [-0.25, -0.2) is 0 Å². The van der Waals surface area contributed by atoms with E-state index in [1.807, 2.05) is 0 Å². The van der Waals surface area contributed by atoms with E-state index >= 15 is 0 Å². The first-order valence-corrected chi connectivity index (χ1v) is 3.83. The molecule has 1 amide bonds. The Morgan fingerprint density at radius 1 is 1.62 bits per heavy atom. The molecule has 5 nitrogen and oxygen atoms in total. The van der Waals surface area contributed by atoms with Crippen molar-refractivity contribution in [2.75, 3.05) is 6.54 Å². The number of carbonyl (C=O) groups excluding carboxylic acids is 1. The van der Waals surface area contributed by atoms with E-state index in [0.717, 1.165) is 5.57 Å². The molecule has 0 rings (SSSR count). The molecule has 0 aromatic heterocycles. The van der Waals surface area contributed by atoms with Crippen LogP contribution in [-0.2, 0) is 9.59 Å². The Kier molecular flexibility index (Phi) is 4.76. The normalized spacial score (nSPS) is 11.8. The van der Waals surface area contributed by atoms with Gasteiger partial charge in [0.05, 0.1) is 6.04 Å². The third kappa shape index (κ3) is 5.86. The topological polar surface area (TPSA) is 92.4 Å². The van der Waals surface area contributed by atoms with Crippen molar-refractivity contribution in [3.8, 4) is 0 Å². The van der Waals surface area contributed by atoms with Gasteiger partial charge in [-0.05, 0) is 13.3 Å². The lowest BCUT2D eigenvalue weighted by Crippen LogP contribution is -2.42. The number of nitrogens with one attached hydrogen (secondary N) is 1. The zero-order valence-electron chi connectivity index (χ0n) is 7.54. The van der Waals surface area contributed by atoms with Crippen LogP contribution in [0.15, 0.2) is 12.2 Å². The molecule has 0 radical (unpaired) electrons. The maximum Gasteiger partial charge on any atom is 0.322 e. The number of amides is 1. The second-order valence-corrected chi connectivity index (χ2v) is 2.88. The molecule has 13 heavy (non-hydrogen) atoms. The molecule has 0 bridgehead atoms. The molecule has 0 saturated heterocycles. The van der Waals surface area contributed by atoms with Crippen LogP contribution >= 0.6 is 0 Å². The highest BCUT2D eigenvalue weighted by Crippen LogP contribution is 1.98. The summed E-state index contributed by atoms with van der Waals surface area (Å²) in [5.41, 5.74) is 6.23. The number of hydrogen-bond acceptors (Lipinski definition) is 3. The van der Waals surface area contributed by atoms with Crippen LogP contribution in [0, 0.1) is 0 Å². The second-order valence-electron chi connectivity index (χ2n) is 2.88. The number of carboxylic acids is 1. The molecule has 0 heterocycles. The Bertz CT molecular complexity index is 225. The molecular weight excluding hydrogens is 172 g/mol. The van der Waals surface area contributed by atoms with E-state index in [0.29, 0.717) is 6.42 Å². The predicted molar refractivity (Wildman–Crippen MR) is 48.1 cm³/mol. The molecule has 1 atom stereocenters. The van der Waals surface area contributed by atoms with Crippen LogP contribution in [0.4, 0.5) is 0 Å². The Labute approximate surface area is 76.6 Å². The SMILES string of the molecule is C=C(C)C[C@H](N)C(=O)NCC(=O)O. The first-order valence-electron chi connectivity index (χ1n) is 3.83. The first kappa shape index (κ1) is 11.6.